The van der Waals surface area contributed by atoms with E-state index in [0.29, 0.717) is 22.1 Å². The van der Waals surface area contributed by atoms with E-state index in [2.05, 4.69) is 20.8 Å². The molecule has 0 unspecified atom stereocenters. The molecule has 2 aromatic carbocycles. The molecule has 0 aliphatic carbocycles. The van der Waals surface area contributed by atoms with Crippen LogP contribution in [0.25, 0.3) is 16.6 Å². The molecular formula is C22H16N4O3S. The summed E-state index contributed by atoms with van der Waals surface area (Å²) in [5.74, 6) is -0.0171. The van der Waals surface area contributed by atoms with Crippen molar-refractivity contribution in [3.05, 3.63) is 90.4 Å². The Bertz CT molecular complexity index is 1170. The summed E-state index contributed by atoms with van der Waals surface area (Å²) in [6.45, 7) is 0. The van der Waals surface area contributed by atoms with E-state index >= 15 is 0 Å². The van der Waals surface area contributed by atoms with Gasteiger partial charge in [-0.3, -0.25) is 14.9 Å². The van der Waals surface area contributed by atoms with Crippen molar-refractivity contribution in [3.63, 3.8) is 0 Å². The maximum atomic E-state index is 12.4. The number of nitrogens with one attached hydrogen (secondary N) is 2. The molecule has 2 amide bonds. The molecule has 0 spiro atoms. The van der Waals surface area contributed by atoms with E-state index in [9.17, 15) is 9.59 Å². The normalized spacial score (nSPS) is 10.8. The smallest absolute Gasteiger partial charge is 0.257 e. The van der Waals surface area contributed by atoms with Gasteiger partial charge in [-0.15, -0.1) is 10.2 Å². The summed E-state index contributed by atoms with van der Waals surface area (Å²) in [6.07, 6.45) is 4.48. The maximum absolute atomic E-state index is 12.4. The van der Waals surface area contributed by atoms with Gasteiger partial charge >= 0.3 is 0 Å². The third kappa shape index (κ3) is 4.86. The molecule has 0 fully saturated rings. The Morgan fingerprint density at radius 3 is 2.43 bits per heavy atom. The molecule has 2 aromatic heterocycles. The standard InChI is InChI=1S/C22H16N4O3S/c27-19(13-12-18-7-4-14-29-18)23-17-10-8-15(9-11-17)20(28)24-22-26-25-21(30-22)16-5-2-1-3-6-16/h1-14H,(H,23,27)(H,24,26,28)/b13-12+. The summed E-state index contributed by atoms with van der Waals surface area (Å²) in [7, 11) is 0. The van der Waals surface area contributed by atoms with Gasteiger partial charge in [0.25, 0.3) is 5.91 Å². The second-order valence-corrected chi connectivity index (χ2v) is 7.13. The fraction of sp³-hybridized carbons (Fsp3) is 0. The summed E-state index contributed by atoms with van der Waals surface area (Å²) < 4.78 is 5.13. The van der Waals surface area contributed by atoms with Crippen LogP contribution in [0.3, 0.4) is 0 Å². The number of anilines is 2. The highest BCUT2D eigenvalue weighted by molar-refractivity contribution is 7.18. The maximum Gasteiger partial charge on any atom is 0.257 e. The molecule has 0 radical (unpaired) electrons. The van der Waals surface area contributed by atoms with Crippen molar-refractivity contribution in [1.82, 2.24) is 10.2 Å². The van der Waals surface area contributed by atoms with Gasteiger partial charge in [0.15, 0.2) is 0 Å². The van der Waals surface area contributed by atoms with E-state index < -0.39 is 0 Å². The molecule has 2 heterocycles. The zero-order valence-corrected chi connectivity index (χ0v) is 16.4. The van der Waals surface area contributed by atoms with E-state index in [4.69, 9.17) is 4.42 Å². The Kier molecular flexibility index (Phi) is 5.77. The zero-order valence-electron chi connectivity index (χ0n) is 15.6. The van der Waals surface area contributed by atoms with E-state index in [-0.39, 0.29) is 11.8 Å². The van der Waals surface area contributed by atoms with Gasteiger partial charge in [0.2, 0.25) is 11.0 Å². The van der Waals surface area contributed by atoms with Gasteiger partial charge in [0.1, 0.15) is 10.8 Å². The Balaban J connectivity index is 1.35. The van der Waals surface area contributed by atoms with Crippen molar-refractivity contribution in [2.24, 2.45) is 0 Å². The Hall–Kier alpha value is -4.04. The summed E-state index contributed by atoms with van der Waals surface area (Å²) in [6, 6.07) is 19.7. The fourth-order valence-corrected chi connectivity index (χ4v) is 3.32. The van der Waals surface area contributed by atoms with Crippen LogP contribution < -0.4 is 10.6 Å². The van der Waals surface area contributed by atoms with E-state index in [1.54, 1.807) is 42.5 Å². The van der Waals surface area contributed by atoms with Gasteiger partial charge in [0.05, 0.1) is 6.26 Å². The summed E-state index contributed by atoms with van der Waals surface area (Å²) in [5, 5.41) is 14.7. The molecule has 8 heteroatoms. The number of amides is 2. The fourth-order valence-electron chi connectivity index (χ4n) is 2.57. The van der Waals surface area contributed by atoms with Crippen molar-refractivity contribution < 1.29 is 14.0 Å². The summed E-state index contributed by atoms with van der Waals surface area (Å²) in [4.78, 5) is 24.4. The second-order valence-electron chi connectivity index (χ2n) is 6.15. The Morgan fingerprint density at radius 1 is 0.900 bits per heavy atom. The van der Waals surface area contributed by atoms with Crippen molar-refractivity contribution in [3.8, 4) is 10.6 Å². The lowest BCUT2D eigenvalue weighted by atomic mass is 10.2. The first-order valence-corrected chi connectivity index (χ1v) is 9.82. The Morgan fingerprint density at radius 2 is 1.70 bits per heavy atom. The Labute approximate surface area is 176 Å². The number of furan rings is 1. The number of hydrogen-bond donors (Lipinski definition) is 2. The van der Waals surface area contributed by atoms with Crippen molar-refractivity contribution in [1.29, 1.82) is 0 Å². The van der Waals surface area contributed by atoms with Gasteiger partial charge in [-0.05, 0) is 42.5 Å². The minimum absolute atomic E-state index is 0.300. The van der Waals surface area contributed by atoms with Crippen LogP contribution in [0.15, 0.2) is 83.5 Å². The number of nitrogens with zero attached hydrogens (tertiary/aromatic N) is 2. The van der Waals surface area contributed by atoms with Crippen molar-refractivity contribution in [2.45, 2.75) is 0 Å². The SMILES string of the molecule is O=C(/C=C/c1ccco1)Nc1ccc(C(=O)Nc2nnc(-c3ccccc3)s2)cc1. The number of benzene rings is 2. The average Bonchev–Trinajstić information content (AvgIpc) is 3.46. The molecule has 2 N–H and O–H groups in total. The van der Waals surface area contributed by atoms with Gasteiger partial charge in [-0.1, -0.05) is 41.7 Å². The number of rotatable bonds is 6. The summed E-state index contributed by atoms with van der Waals surface area (Å²) >= 11 is 1.30. The topological polar surface area (TPSA) is 97.1 Å². The van der Waals surface area contributed by atoms with Crippen LogP contribution >= 0.6 is 11.3 Å². The average molecular weight is 416 g/mol. The predicted molar refractivity (Wildman–Crippen MR) is 116 cm³/mol. The van der Waals surface area contributed by atoms with Crippen LogP contribution in [0, 0.1) is 0 Å². The van der Waals surface area contributed by atoms with Gasteiger partial charge in [-0.25, -0.2) is 0 Å². The number of aromatic nitrogens is 2. The molecule has 0 aliphatic heterocycles. The lowest BCUT2D eigenvalue weighted by Gasteiger charge is -2.04. The highest BCUT2D eigenvalue weighted by Gasteiger charge is 2.11. The molecular weight excluding hydrogens is 400 g/mol. The van der Waals surface area contributed by atoms with E-state index in [0.717, 1.165) is 10.6 Å². The summed E-state index contributed by atoms with van der Waals surface area (Å²) in [5.41, 5.74) is 1.95. The monoisotopic (exact) mass is 416 g/mol. The molecule has 148 valence electrons. The quantitative estimate of drug-likeness (QED) is 0.444. The first-order valence-electron chi connectivity index (χ1n) is 9.00. The van der Waals surface area contributed by atoms with Gasteiger partial charge in [-0.2, -0.15) is 0 Å². The third-order valence-electron chi connectivity index (χ3n) is 4.02. The van der Waals surface area contributed by atoms with Crippen LogP contribution in [-0.4, -0.2) is 22.0 Å². The van der Waals surface area contributed by atoms with Crippen molar-refractivity contribution in [2.75, 3.05) is 10.6 Å². The molecule has 7 nitrogen and oxygen atoms in total. The van der Waals surface area contributed by atoms with Crippen LogP contribution in [0.5, 0.6) is 0 Å². The predicted octanol–water partition coefficient (Wildman–Crippen LogP) is 4.70. The van der Waals surface area contributed by atoms with Gasteiger partial charge in [0, 0.05) is 22.9 Å². The van der Waals surface area contributed by atoms with E-state index in [1.165, 1.54) is 23.7 Å². The molecule has 0 atom stereocenters. The van der Waals surface area contributed by atoms with Crippen LogP contribution in [0.4, 0.5) is 10.8 Å². The molecule has 30 heavy (non-hydrogen) atoms. The number of hydrogen-bond acceptors (Lipinski definition) is 6. The van der Waals surface area contributed by atoms with Crippen LogP contribution in [-0.2, 0) is 4.79 Å². The first kappa shape index (κ1) is 19.3. The molecule has 0 aliphatic rings. The minimum Gasteiger partial charge on any atom is -0.465 e. The molecule has 0 bridgehead atoms. The highest BCUT2D eigenvalue weighted by Crippen LogP contribution is 2.26. The van der Waals surface area contributed by atoms with Crippen LogP contribution in [0.2, 0.25) is 0 Å². The first-order chi connectivity index (χ1) is 14.7. The molecule has 0 saturated carbocycles. The molecule has 4 aromatic rings. The molecule has 4 rings (SSSR count). The second kappa shape index (κ2) is 8.97. The number of carbonyl (C=O) groups excluding carboxylic acids is 2. The zero-order chi connectivity index (χ0) is 20.8. The lowest BCUT2D eigenvalue weighted by Crippen LogP contribution is -2.12. The van der Waals surface area contributed by atoms with E-state index in [1.807, 2.05) is 30.3 Å². The van der Waals surface area contributed by atoms with Crippen molar-refractivity contribution >= 4 is 40.0 Å². The highest BCUT2D eigenvalue weighted by atomic mass is 32.1. The van der Waals surface area contributed by atoms with Crippen LogP contribution in [0.1, 0.15) is 16.1 Å². The minimum atomic E-state index is -0.304. The number of carbonyl (C=O) groups is 2. The lowest BCUT2D eigenvalue weighted by molar-refractivity contribution is -0.111. The third-order valence-corrected chi connectivity index (χ3v) is 4.91. The van der Waals surface area contributed by atoms with Gasteiger partial charge < -0.3 is 9.73 Å². The largest absolute Gasteiger partial charge is 0.465 e. The molecule has 0 saturated heterocycles.